The van der Waals surface area contributed by atoms with E-state index in [0.29, 0.717) is 5.56 Å². The van der Waals surface area contributed by atoms with E-state index in [2.05, 4.69) is 0 Å². The van der Waals surface area contributed by atoms with Gasteiger partial charge >= 0.3 is 5.97 Å². The molecule has 0 aromatic heterocycles. The minimum Gasteiger partial charge on any atom is -0.508 e. The maximum atomic E-state index is 11.3. The van der Waals surface area contributed by atoms with Crippen LogP contribution in [0.25, 0.3) is 0 Å². The summed E-state index contributed by atoms with van der Waals surface area (Å²) in [6, 6.07) is 12.4. The molecule has 3 rings (SSSR count). The molecule has 1 aliphatic rings. The van der Waals surface area contributed by atoms with Gasteiger partial charge in [0.2, 0.25) is 6.29 Å². The van der Waals surface area contributed by atoms with E-state index in [1.165, 1.54) is 18.2 Å². The van der Waals surface area contributed by atoms with Crippen molar-refractivity contribution in [1.29, 1.82) is 0 Å². The minimum absolute atomic E-state index is 0.0200. The zero-order chi connectivity index (χ0) is 22.5. The van der Waals surface area contributed by atoms with Crippen LogP contribution in [0.4, 0.5) is 0 Å². The lowest BCUT2D eigenvalue weighted by Crippen LogP contribution is -2.60. The maximum absolute atomic E-state index is 11.3. The molecule has 0 unspecified atom stereocenters. The number of benzene rings is 2. The smallest absolute Gasteiger partial charge is 0.307 e. The van der Waals surface area contributed by atoms with E-state index in [0.717, 1.165) is 0 Å². The largest absolute Gasteiger partial charge is 0.508 e. The number of aliphatic hydroxyl groups excluding tert-OH is 4. The highest BCUT2D eigenvalue weighted by Gasteiger charge is 2.45. The van der Waals surface area contributed by atoms with Gasteiger partial charge in [-0.05, 0) is 17.7 Å². The van der Waals surface area contributed by atoms with Crippen molar-refractivity contribution in [2.24, 2.45) is 0 Å². The molecule has 0 bridgehead atoms. The first-order chi connectivity index (χ1) is 14.8. The zero-order valence-electron chi connectivity index (χ0n) is 16.3. The van der Waals surface area contributed by atoms with Crippen molar-refractivity contribution in [3.8, 4) is 17.2 Å². The Morgan fingerprint density at radius 3 is 2.35 bits per heavy atom. The van der Waals surface area contributed by atoms with Crippen LogP contribution >= 0.6 is 0 Å². The summed E-state index contributed by atoms with van der Waals surface area (Å²) in [4.78, 5) is 11.3. The number of ether oxygens (including phenoxy) is 3. The average Bonchev–Trinajstić information content (AvgIpc) is 2.75. The molecule has 10 nitrogen and oxygen atoms in total. The number of aliphatic carboxylic acids is 1. The quantitative estimate of drug-likeness (QED) is 0.336. The molecular formula is C21H24O10. The van der Waals surface area contributed by atoms with Crippen LogP contribution in [0.2, 0.25) is 0 Å². The van der Waals surface area contributed by atoms with Gasteiger partial charge in [0.1, 0.15) is 36.3 Å². The Bertz CT molecular complexity index is 872. The second kappa shape index (κ2) is 9.94. The summed E-state index contributed by atoms with van der Waals surface area (Å²) < 4.78 is 16.8. The van der Waals surface area contributed by atoms with Crippen LogP contribution < -0.4 is 9.47 Å². The Hall–Kier alpha value is -2.89. The number of phenols is 1. The molecule has 0 amide bonds. The lowest BCUT2D eigenvalue weighted by molar-refractivity contribution is -0.277. The van der Waals surface area contributed by atoms with Crippen molar-refractivity contribution in [1.82, 2.24) is 0 Å². The molecule has 0 spiro atoms. The lowest BCUT2D eigenvalue weighted by Gasteiger charge is -2.39. The van der Waals surface area contributed by atoms with Crippen LogP contribution in [-0.2, 0) is 9.53 Å². The second-order valence-electron chi connectivity index (χ2n) is 7.06. The molecule has 2 aromatic rings. The molecule has 31 heavy (non-hydrogen) atoms. The summed E-state index contributed by atoms with van der Waals surface area (Å²) in [5, 5.41) is 58.5. The topological polar surface area (TPSA) is 166 Å². The molecule has 6 atom stereocenters. The predicted molar refractivity (Wildman–Crippen MR) is 105 cm³/mol. The number of phenolic OH excluding ortho intramolecular Hbond substituents is 1. The van der Waals surface area contributed by atoms with Crippen molar-refractivity contribution in [2.75, 3.05) is 6.61 Å². The van der Waals surface area contributed by atoms with Gasteiger partial charge in [-0.15, -0.1) is 0 Å². The number of hydrogen-bond acceptors (Lipinski definition) is 9. The third kappa shape index (κ3) is 5.43. The third-order valence-corrected chi connectivity index (χ3v) is 4.82. The van der Waals surface area contributed by atoms with Crippen molar-refractivity contribution >= 4 is 5.97 Å². The number of carboxylic acids is 1. The highest BCUT2D eigenvalue weighted by molar-refractivity contribution is 5.67. The molecule has 1 saturated heterocycles. The molecule has 168 valence electrons. The Morgan fingerprint density at radius 2 is 1.71 bits per heavy atom. The summed E-state index contributed by atoms with van der Waals surface area (Å²) in [6.07, 6.45) is -8.78. The maximum Gasteiger partial charge on any atom is 0.307 e. The summed E-state index contributed by atoms with van der Waals surface area (Å²) in [5.41, 5.74) is 0.576. The number of carboxylic acid groups (broad SMARTS) is 1. The van der Waals surface area contributed by atoms with Crippen LogP contribution in [0, 0.1) is 0 Å². The molecule has 0 aliphatic carbocycles. The van der Waals surface area contributed by atoms with Crippen molar-refractivity contribution in [2.45, 2.75) is 43.2 Å². The number of aliphatic hydroxyl groups is 4. The summed E-state index contributed by atoms with van der Waals surface area (Å²) in [5.74, 6) is -1.34. The van der Waals surface area contributed by atoms with E-state index in [-0.39, 0.29) is 23.7 Å². The van der Waals surface area contributed by atoms with E-state index in [9.17, 15) is 35.4 Å². The van der Waals surface area contributed by atoms with Gasteiger partial charge in [-0.3, -0.25) is 4.79 Å². The van der Waals surface area contributed by atoms with Gasteiger partial charge in [-0.2, -0.15) is 0 Å². The van der Waals surface area contributed by atoms with E-state index in [1.54, 1.807) is 30.3 Å². The van der Waals surface area contributed by atoms with Crippen molar-refractivity contribution < 1.29 is 49.6 Å². The zero-order valence-corrected chi connectivity index (χ0v) is 16.3. The standard InChI is InChI=1S/C21H24O10/c22-10-16-18(26)19(27)20(28)21(31-16)30-13-7-6-12(23)8-15(13)29-14(9-17(24)25)11-4-2-1-3-5-11/h1-8,14,16,18-23,26-28H,9-10H2,(H,24,25)/t14-,16-,18-,19+,20-,21-/m1/s1. The molecule has 1 fully saturated rings. The first kappa shape index (κ1) is 22.8. The van der Waals surface area contributed by atoms with Crippen LogP contribution in [-0.4, -0.2) is 73.9 Å². The molecule has 10 heteroatoms. The number of carbonyl (C=O) groups is 1. The lowest BCUT2D eigenvalue weighted by atomic mass is 9.99. The van der Waals surface area contributed by atoms with Gasteiger partial charge in [0.15, 0.2) is 11.5 Å². The Labute approximate surface area is 177 Å². The van der Waals surface area contributed by atoms with Gasteiger partial charge in [-0.1, -0.05) is 30.3 Å². The van der Waals surface area contributed by atoms with Crippen LogP contribution in [0.1, 0.15) is 18.1 Å². The van der Waals surface area contributed by atoms with E-state index in [4.69, 9.17) is 14.2 Å². The van der Waals surface area contributed by atoms with Gasteiger partial charge in [0, 0.05) is 6.07 Å². The molecule has 0 radical (unpaired) electrons. The van der Waals surface area contributed by atoms with Gasteiger partial charge in [0.05, 0.1) is 13.0 Å². The SMILES string of the molecule is O=C(O)C[C@@H](Oc1cc(O)ccc1O[C@@H]1O[C@H](CO)[C@@H](O)[C@H](O)[C@H]1O)c1ccccc1. The first-order valence-corrected chi connectivity index (χ1v) is 9.53. The molecule has 6 N–H and O–H groups in total. The normalized spacial score (nSPS) is 26.8. The number of aromatic hydroxyl groups is 1. The molecule has 1 aliphatic heterocycles. The summed E-state index contributed by atoms with van der Waals surface area (Å²) in [7, 11) is 0. The molecule has 1 heterocycles. The number of hydrogen-bond donors (Lipinski definition) is 6. The van der Waals surface area contributed by atoms with Crippen LogP contribution in [0.3, 0.4) is 0 Å². The molecule has 0 saturated carbocycles. The number of rotatable bonds is 8. The highest BCUT2D eigenvalue weighted by atomic mass is 16.7. The van der Waals surface area contributed by atoms with Gasteiger partial charge < -0.3 is 44.8 Å². The fraction of sp³-hybridized carbons (Fsp3) is 0.381. The second-order valence-corrected chi connectivity index (χ2v) is 7.06. The average molecular weight is 436 g/mol. The van der Waals surface area contributed by atoms with E-state index < -0.39 is 49.4 Å². The molecule has 2 aromatic carbocycles. The first-order valence-electron chi connectivity index (χ1n) is 9.53. The summed E-state index contributed by atoms with van der Waals surface area (Å²) >= 11 is 0. The fourth-order valence-corrected chi connectivity index (χ4v) is 3.18. The van der Waals surface area contributed by atoms with E-state index in [1.807, 2.05) is 0 Å². The van der Waals surface area contributed by atoms with Gasteiger partial charge in [-0.25, -0.2) is 0 Å². The molecular weight excluding hydrogens is 412 g/mol. The highest BCUT2D eigenvalue weighted by Crippen LogP contribution is 2.37. The Morgan fingerprint density at radius 1 is 1.00 bits per heavy atom. The van der Waals surface area contributed by atoms with Crippen LogP contribution in [0.5, 0.6) is 17.2 Å². The predicted octanol–water partition coefficient (Wildman–Crippen LogP) is 0.166. The minimum atomic E-state index is -1.65. The fourth-order valence-electron chi connectivity index (χ4n) is 3.18. The van der Waals surface area contributed by atoms with Crippen molar-refractivity contribution in [3.63, 3.8) is 0 Å². The van der Waals surface area contributed by atoms with Gasteiger partial charge in [0.25, 0.3) is 0 Å². The monoisotopic (exact) mass is 436 g/mol. The summed E-state index contributed by atoms with van der Waals surface area (Å²) in [6.45, 7) is -0.627. The van der Waals surface area contributed by atoms with Crippen LogP contribution in [0.15, 0.2) is 48.5 Å². The van der Waals surface area contributed by atoms with Crippen molar-refractivity contribution in [3.05, 3.63) is 54.1 Å². The van der Waals surface area contributed by atoms with E-state index >= 15 is 0 Å². The Kier molecular flexibility index (Phi) is 7.31. The Balaban J connectivity index is 1.87. The third-order valence-electron chi connectivity index (χ3n) is 4.82.